The van der Waals surface area contributed by atoms with Gasteiger partial charge in [-0.1, -0.05) is 18.2 Å². The van der Waals surface area contributed by atoms with Crippen LogP contribution in [-0.2, 0) is 0 Å². The number of nitrogens with one attached hydrogen (secondary N) is 1. The van der Waals surface area contributed by atoms with E-state index in [1.807, 2.05) is 13.0 Å². The predicted octanol–water partition coefficient (Wildman–Crippen LogP) is 2.23. The fraction of sp³-hybridized carbons (Fsp3) is 0.231. The van der Waals surface area contributed by atoms with Gasteiger partial charge in [-0.15, -0.1) is 0 Å². The van der Waals surface area contributed by atoms with Gasteiger partial charge in [0.1, 0.15) is 5.82 Å². The molecule has 0 aliphatic rings. The second-order valence-electron chi connectivity index (χ2n) is 3.83. The zero-order valence-electron chi connectivity index (χ0n) is 9.81. The summed E-state index contributed by atoms with van der Waals surface area (Å²) in [7, 11) is 1.78. The highest BCUT2D eigenvalue weighted by atomic mass is 19.1. The highest BCUT2D eigenvalue weighted by Gasteiger charge is 2.16. The molecule has 4 heteroatoms. The van der Waals surface area contributed by atoms with Gasteiger partial charge in [0.15, 0.2) is 0 Å². The van der Waals surface area contributed by atoms with E-state index in [2.05, 4.69) is 15.3 Å². The molecule has 1 aromatic carbocycles. The van der Waals surface area contributed by atoms with E-state index in [9.17, 15) is 4.39 Å². The number of nitrogens with zero attached hydrogens (tertiary/aromatic N) is 2. The fourth-order valence-electron chi connectivity index (χ4n) is 1.72. The Morgan fingerprint density at radius 1 is 1.18 bits per heavy atom. The minimum Gasteiger partial charge on any atom is -0.308 e. The average Bonchev–Trinajstić information content (AvgIpc) is 2.35. The maximum atomic E-state index is 13.7. The van der Waals surface area contributed by atoms with Gasteiger partial charge in [0, 0.05) is 11.8 Å². The predicted molar refractivity (Wildman–Crippen MR) is 64.1 cm³/mol. The summed E-state index contributed by atoms with van der Waals surface area (Å²) in [4.78, 5) is 8.45. The van der Waals surface area contributed by atoms with Crippen molar-refractivity contribution in [3.05, 3.63) is 59.4 Å². The molecule has 17 heavy (non-hydrogen) atoms. The van der Waals surface area contributed by atoms with Gasteiger partial charge in [0.2, 0.25) is 0 Å². The topological polar surface area (TPSA) is 37.8 Å². The second-order valence-corrected chi connectivity index (χ2v) is 3.83. The van der Waals surface area contributed by atoms with Crippen LogP contribution in [-0.4, -0.2) is 17.0 Å². The van der Waals surface area contributed by atoms with E-state index in [-0.39, 0.29) is 11.9 Å². The van der Waals surface area contributed by atoms with Gasteiger partial charge < -0.3 is 5.32 Å². The van der Waals surface area contributed by atoms with E-state index in [4.69, 9.17) is 0 Å². The largest absolute Gasteiger partial charge is 0.308 e. The van der Waals surface area contributed by atoms with Crippen molar-refractivity contribution in [1.29, 1.82) is 0 Å². The van der Waals surface area contributed by atoms with Gasteiger partial charge in [-0.2, -0.15) is 0 Å². The van der Waals surface area contributed by atoms with Crippen molar-refractivity contribution in [2.24, 2.45) is 0 Å². The molecule has 3 nitrogen and oxygen atoms in total. The summed E-state index contributed by atoms with van der Waals surface area (Å²) in [6, 6.07) is 6.40. The molecule has 2 rings (SSSR count). The second kappa shape index (κ2) is 5.01. The molecule has 0 fully saturated rings. The van der Waals surface area contributed by atoms with Crippen LogP contribution >= 0.6 is 0 Å². The molecule has 88 valence electrons. The third-order valence-electron chi connectivity index (χ3n) is 2.60. The van der Waals surface area contributed by atoms with Crippen LogP contribution in [0.2, 0.25) is 0 Å². The Hall–Kier alpha value is -1.81. The lowest BCUT2D eigenvalue weighted by Crippen LogP contribution is -2.20. The Kier molecular flexibility index (Phi) is 3.44. The Morgan fingerprint density at radius 2 is 1.94 bits per heavy atom. The van der Waals surface area contributed by atoms with Crippen LogP contribution < -0.4 is 5.32 Å². The molecule has 0 spiro atoms. The van der Waals surface area contributed by atoms with Gasteiger partial charge in [-0.05, 0) is 20.0 Å². The summed E-state index contributed by atoms with van der Waals surface area (Å²) in [5.41, 5.74) is 2.13. The van der Waals surface area contributed by atoms with Crippen molar-refractivity contribution in [2.45, 2.75) is 13.0 Å². The number of hydrogen-bond donors (Lipinski definition) is 1. The maximum absolute atomic E-state index is 13.7. The Labute approximate surface area is 99.7 Å². The summed E-state index contributed by atoms with van der Waals surface area (Å²) in [5.74, 6) is -0.241. The minimum absolute atomic E-state index is 0.241. The molecule has 0 saturated heterocycles. The van der Waals surface area contributed by atoms with Crippen LogP contribution in [0.4, 0.5) is 4.39 Å². The van der Waals surface area contributed by atoms with Crippen molar-refractivity contribution in [3.63, 3.8) is 0 Å². The lowest BCUT2D eigenvalue weighted by molar-refractivity contribution is 0.569. The molecule has 0 bridgehead atoms. The highest BCUT2D eigenvalue weighted by Crippen LogP contribution is 2.21. The first-order valence-corrected chi connectivity index (χ1v) is 5.42. The third kappa shape index (κ3) is 2.47. The molecule has 0 radical (unpaired) electrons. The van der Waals surface area contributed by atoms with Crippen molar-refractivity contribution in [2.75, 3.05) is 7.05 Å². The molecule has 1 atom stereocenters. The molecule has 1 unspecified atom stereocenters. The number of aryl methyl sites for hydroxylation is 1. The zero-order valence-corrected chi connectivity index (χ0v) is 9.81. The fourth-order valence-corrected chi connectivity index (χ4v) is 1.72. The zero-order chi connectivity index (χ0) is 12.3. The lowest BCUT2D eigenvalue weighted by atomic mass is 10.0. The molecular formula is C13H14FN3. The highest BCUT2D eigenvalue weighted by molar-refractivity contribution is 5.28. The standard InChI is InChI=1S/C13H14FN3/c1-9-7-17-12(8-16-9)13(15-2)10-5-3-4-6-11(10)14/h3-8,13,15H,1-2H3. The van der Waals surface area contributed by atoms with E-state index in [0.717, 1.165) is 5.69 Å². The van der Waals surface area contributed by atoms with Gasteiger partial charge >= 0.3 is 0 Å². The molecule has 0 aliphatic heterocycles. The average molecular weight is 231 g/mol. The Balaban J connectivity index is 2.40. The molecule has 0 aliphatic carbocycles. The normalized spacial score (nSPS) is 12.4. The Bertz CT molecular complexity index is 496. The van der Waals surface area contributed by atoms with Gasteiger partial charge in [0.05, 0.1) is 23.6 Å². The van der Waals surface area contributed by atoms with Gasteiger partial charge in [0.25, 0.3) is 0 Å². The number of rotatable bonds is 3. The Morgan fingerprint density at radius 3 is 2.53 bits per heavy atom. The van der Waals surface area contributed by atoms with E-state index < -0.39 is 0 Å². The quantitative estimate of drug-likeness (QED) is 0.880. The smallest absolute Gasteiger partial charge is 0.128 e. The summed E-state index contributed by atoms with van der Waals surface area (Å²) < 4.78 is 13.7. The van der Waals surface area contributed by atoms with Crippen molar-refractivity contribution in [1.82, 2.24) is 15.3 Å². The van der Waals surface area contributed by atoms with Crippen molar-refractivity contribution >= 4 is 0 Å². The molecule has 1 heterocycles. The SMILES string of the molecule is CNC(c1cnc(C)cn1)c1ccccc1F. The van der Waals surface area contributed by atoms with Crippen molar-refractivity contribution in [3.8, 4) is 0 Å². The van der Waals surface area contributed by atoms with E-state index in [0.29, 0.717) is 11.3 Å². The summed E-state index contributed by atoms with van der Waals surface area (Å²) >= 11 is 0. The van der Waals surface area contributed by atoms with Gasteiger partial charge in [-0.25, -0.2) is 4.39 Å². The summed E-state index contributed by atoms with van der Waals surface area (Å²) in [6.07, 6.45) is 3.35. The first-order valence-electron chi connectivity index (χ1n) is 5.42. The first kappa shape index (κ1) is 11.7. The number of benzene rings is 1. The van der Waals surface area contributed by atoms with E-state index in [1.165, 1.54) is 6.07 Å². The molecule has 2 aromatic rings. The van der Waals surface area contributed by atoms with E-state index >= 15 is 0 Å². The summed E-state index contributed by atoms with van der Waals surface area (Å²) in [6.45, 7) is 1.87. The van der Waals surface area contributed by atoms with Gasteiger partial charge in [-0.3, -0.25) is 9.97 Å². The molecular weight excluding hydrogens is 217 g/mol. The first-order chi connectivity index (χ1) is 8.22. The lowest BCUT2D eigenvalue weighted by Gasteiger charge is -2.16. The van der Waals surface area contributed by atoms with Crippen LogP contribution in [0.3, 0.4) is 0 Å². The number of halogens is 1. The third-order valence-corrected chi connectivity index (χ3v) is 2.60. The molecule has 1 aromatic heterocycles. The summed E-state index contributed by atoms with van der Waals surface area (Å²) in [5, 5.41) is 3.05. The number of hydrogen-bond acceptors (Lipinski definition) is 3. The molecule has 1 N–H and O–H groups in total. The van der Waals surface area contributed by atoms with Crippen LogP contribution in [0.15, 0.2) is 36.7 Å². The van der Waals surface area contributed by atoms with Crippen LogP contribution in [0, 0.1) is 12.7 Å². The van der Waals surface area contributed by atoms with Crippen LogP contribution in [0.25, 0.3) is 0 Å². The monoisotopic (exact) mass is 231 g/mol. The molecule has 0 amide bonds. The minimum atomic E-state index is -0.274. The van der Waals surface area contributed by atoms with Crippen LogP contribution in [0.1, 0.15) is 23.0 Å². The number of aromatic nitrogens is 2. The molecule has 0 saturated carbocycles. The maximum Gasteiger partial charge on any atom is 0.128 e. The van der Waals surface area contributed by atoms with E-state index in [1.54, 1.807) is 31.6 Å². The van der Waals surface area contributed by atoms with Crippen LogP contribution in [0.5, 0.6) is 0 Å². The van der Waals surface area contributed by atoms with Crippen molar-refractivity contribution < 1.29 is 4.39 Å².